The molecule has 1 aromatic rings. The summed E-state index contributed by atoms with van der Waals surface area (Å²) in [5, 5.41) is 12.8. The van der Waals surface area contributed by atoms with Gasteiger partial charge in [-0.25, -0.2) is 4.98 Å². The topological polar surface area (TPSA) is 57.9 Å². The number of hydrogen-bond donors (Lipinski definition) is 1. The Morgan fingerprint density at radius 2 is 2.47 bits per heavy atom. The van der Waals surface area contributed by atoms with E-state index in [9.17, 15) is 0 Å². The van der Waals surface area contributed by atoms with Crippen LogP contribution in [0.3, 0.4) is 0 Å². The zero-order valence-electron chi connectivity index (χ0n) is 8.58. The number of nitrogens with one attached hydrogen (secondary N) is 1. The van der Waals surface area contributed by atoms with E-state index in [2.05, 4.69) is 17.2 Å². The Bertz CT molecular complexity index is 361. The molecule has 1 N–H and O–H groups in total. The number of halogens is 1. The summed E-state index contributed by atoms with van der Waals surface area (Å²) >= 11 is 7.01. The molecule has 6 heteroatoms. The highest BCUT2D eigenvalue weighted by molar-refractivity contribution is 7.16. The van der Waals surface area contributed by atoms with Crippen molar-refractivity contribution in [2.24, 2.45) is 0 Å². The Kier molecular flexibility index (Phi) is 4.82. The highest BCUT2D eigenvalue weighted by Crippen LogP contribution is 2.26. The molecule has 0 bridgehead atoms. The third-order valence-corrected chi connectivity index (χ3v) is 3.15. The van der Waals surface area contributed by atoms with Crippen molar-refractivity contribution >= 4 is 28.1 Å². The fraction of sp³-hybridized carbons (Fsp3) is 0.556. The molecule has 1 rings (SSSR count). The van der Waals surface area contributed by atoms with Gasteiger partial charge in [-0.1, -0.05) is 29.9 Å². The van der Waals surface area contributed by atoms with Crippen LogP contribution in [0.2, 0.25) is 5.15 Å². The first-order valence-corrected chi connectivity index (χ1v) is 5.72. The number of methoxy groups -OCH3 is 1. The zero-order chi connectivity index (χ0) is 11.3. The van der Waals surface area contributed by atoms with Gasteiger partial charge in [0.05, 0.1) is 12.6 Å². The van der Waals surface area contributed by atoms with E-state index in [1.165, 1.54) is 11.3 Å². The minimum atomic E-state index is 0.198. The summed E-state index contributed by atoms with van der Waals surface area (Å²) in [5.74, 6) is 0. The van der Waals surface area contributed by atoms with Crippen molar-refractivity contribution in [3.63, 3.8) is 0 Å². The van der Waals surface area contributed by atoms with E-state index in [1.54, 1.807) is 7.11 Å². The number of thiazole rings is 1. The third kappa shape index (κ3) is 3.34. The van der Waals surface area contributed by atoms with Gasteiger partial charge >= 0.3 is 0 Å². The lowest BCUT2D eigenvalue weighted by Crippen LogP contribution is -2.23. The predicted molar refractivity (Wildman–Crippen MR) is 61.4 cm³/mol. The third-order valence-electron chi connectivity index (χ3n) is 1.88. The van der Waals surface area contributed by atoms with Gasteiger partial charge in [0.1, 0.15) is 10.9 Å². The van der Waals surface area contributed by atoms with Crippen LogP contribution in [0.25, 0.3) is 0 Å². The quantitative estimate of drug-likeness (QED) is 0.866. The molecule has 0 radical (unpaired) electrons. The molecule has 0 spiro atoms. The van der Waals surface area contributed by atoms with Crippen molar-refractivity contribution in [2.75, 3.05) is 19.0 Å². The van der Waals surface area contributed by atoms with Gasteiger partial charge in [-0.05, 0) is 6.42 Å². The molecule has 0 saturated heterocycles. The number of anilines is 1. The predicted octanol–water partition coefficient (Wildman–Crippen LogP) is 2.51. The molecule has 82 valence electrons. The van der Waals surface area contributed by atoms with Crippen LogP contribution in [0.15, 0.2) is 0 Å². The van der Waals surface area contributed by atoms with E-state index in [0.717, 1.165) is 6.42 Å². The molecule has 0 aromatic carbocycles. The standard InChI is InChI=1S/C9H12ClN3OS/c1-3-6(5-14-2)12-9-13-8(10)7(4-11)15-9/h6H,3,5H2,1-2H3,(H,12,13). The second-order valence-corrected chi connectivity index (χ2v) is 4.31. The van der Waals surface area contributed by atoms with E-state index in [-0.39, 0.29) is 11.2 Å². The highest BCUT2D eigenvalue weighted by atomic mass is 35.5. The fourth-order valence-electron chi connectivity index (χ4n) is 1.07. The monoisotopic (exact) mass is 245 g/mol. The number of aromatic nitrogens is 1. The Hall–Kier alpha value is -0.830. The van der Waals surface area contributed by atoms with Crippen LogP contribution >= 0.6 is 22.9 Å². The summed E-state index contributed by atoms with van der Waals surface area (Å²) < 4.78 is 5.05. The van der Waals surface area contributed by atoms with Gasteiger partial charge < -0.3 is 10.1 Å². The number of ether oxygens (including phenoxy) is 1. The fourth-order valence-corrected chi connectivity index (χ4v) is 2.09. The molecule has 0 amide bonds. The van der Waals surface area contributed by atoms with E-state index < -0.39 is 0 Å². The molecule has 15 heavy (non-hydrogen) atoms. The lowest BCUT2D eigenvalue weighted by molar-refractivity contribution is 0.184. The maximum Gasteiger partial charge on any atom is 0.185 e. The van der Waals surface area contributed by atoms with Crippen molar-refractivity contribution in [3.8, 4) is 6.07 Å². The van der Waals surface area contributed by atoms with Crippen molar-refractivity contribution in [3.05, 3.63) is 10.0 Å². The SMILES string of the molecule is CCC(COC)Nc1nc(Cl)c(C#N)s1. The molecule has 0 saturated carbocycles. The molecule has 0 aliphatic carbocycles. The van der Waals surface area contributed by atoms with Crippen LogP contribution in [0.1, 0.15) is 18.2 Å². The van der Waals surface area contributed by atoms with Gasteiger partial charge in [-0.15, -0.1) is 0 Å². The molecule has 0 aliphatic rings. The Morgan fingerprint density at radius 1 is 1.73 bits per heavy atom. The van der Waals surface area contributed by atoms with E-state index in [1.807, 2.05) is 6.07 Å². The van der Waals surface area contributed by atoms with Crippen molar-refractivity contribution in [1.29, 1.82) is 5.26 Å². The maximum atomic E-state index is 8.71. The van der Waals surface area contributed by atoms with Gasteiger partial charge in [0.2, 0.25) is 0 Å². The van der Waals surface area contributed by atoms with Crippen LogP contribution < -0.4 is 5.32 Å². The molecular formula is C9H12ClN3OS. The molecule has 1 aromatic heterocycles. The number of nitrogens with zero attached hydrogens (tertiary/aromatic N) is 2. The minimum absolute atomic E-state index is 0.198. The van der Waals surface area contributed by atoms with Gasteiger partial charge in [-0.2, -0.15) is 5.26 Å². The molecule has 0 aliphatic heterocycles. The van der Waals surface area contributed by atoms with Crippen LogP contribution in [0.5, 0.6) is 0 Å². The number of rotatable bonds is 5. The molecule has 0 fully saturated rings. The second-order valence-electron chi connectivity index (χ2n) is 2.96. The zero-order valence-corrected chi connectivity index (χ0v) is 10.2. The van der Waals surface area contributed by atoms with Crippen LogP contribution in [-0.2, 0) is 4.74 Å². The van der Waals surface area contributed by atoms with E-state index in [0.29, 0.717) is 16.6 Å². The smallest absolute Gasteiger partial charge is 0.185 e. The maximum absolute atomic E-state index is 8.71. The largest absolute Gasteiger partial charge is 0.383 e. The number of nitriles is 1. The Balaban J connectivity index is 2.67. The molecule has 4 nitrogen and oxygen atoms in total. The van der Waals surface area contributed by atoms with Gasteiger partial charge in [0, 0.05) is 7.11 Å². The van der Waals surface area contributed by atoms with E-state index in [4.69, 9.17) is 21.6 Å². The van der Waals surface area contributed by atoms with Crippen LogP contribution in [0, 0.1) is 11.3 Å². The van der Waals surface area contributed by atoms with Gasteiger partial charge in [0.25, 0.3) is 0 Å². The van der Waals surface area contributed by atoms with E-state index >= 15 is 0 Å². The summed E-state index contributed by atoms with van der Waals surface area (Å²) in [6.07, 6.45) is 0.924. The van der Waals surface area contributed by atoms with Crippen molar-refractivity contribution in [1.82, 2.24) is 4.98 Å². The normalized spacial score (nSPS) is 12.1. The summed E-state index contributed by atoms with van der Waals surface area (Å²) in [7, 11) is 1.65. The molecule has 1 atom stereocenters. The number of hydrogen-bond acceptors (Lipinski definition) is 5. The van der Waals surface area contributed by atoms with Crippen LogP contribution in [-0.4, -0.2) is 24.7 Å². The van der Waals surface area contributed by atoms with Crippen LogP contribution in [0.4, 0.5) is 5.13 Å². The second kappa shape index (κ2) is 5.91. The lowest BCUT2D eigenvalue weighted by Gasteiger charge is -2.14. The van der Waals surface area contributed by atoms with Gasteiger partial charge in [-0.3, -0.25) is 0 Å². The van der Waals surface area contributed by atoms with Crippen molar-refractivity contribution in [2.45, 2.75) is 19.4 Å². The Labute approximate surface area is 97.8 Å². The highest BCUT2D eigenvalue weighted by Gasteiger charge is 2.12. The first kappa shape index (κ1) is 12.2. The molecular weight excluding hydrogens is 234 g/mol. The average Bonchev–Trinajstić information content (AvgIpc) is 2.58. The first-order valence-electron chi connectivity index (χ1n) is 4.53. The minimum Gasteiger partial charge on any atom is -0.383 e. The first-order chi connectivity index (χ1) is 7.21. The van der Waals surface area contributed by atoms with Crippen molar-refractivity contribution < 1.29 is 4.74 Å². The summed E-state index contributed by atoms with van der Waals surface area (Å²) in [4.78, 5) is 4.48. The Morgan fingerprint density at radius 3 is 2.93 bits per heavy atom. The molecule has 1 unspecified atom stereocenters. The van der Waals surface area contributed by atoms with Gasteiger partial charge in [0.15, 0.2) is 10.3 Å². The molecule has 1 heterocycles. The lowest BCUT2D eigenvalue weighted by atomic mass is 10.2. The summed E-state index contributed by atoms with van der Waals surface area (Å²) in [6, 6.07) is 2.19. The summed E-state index contributed by atoms with van der Waals surface area (Å²) in [5.41, 5.74) is 0. The average molecular weight is 246 g/mol. The summed E-state index contributed by atoms with van der Waals surface area (Å²) in [6.45, 7) is 2.66.